The van der Waals surface area contributed by atoms with E-state index in [1.807, 2.05) is 0 Å². The molecule has 3 heteroatoms. The van der Waals surface area contributed by atoms with E-state index in [-0.39, 0.29) is 0 Å². The van der Waals surface area contributed by atoms with E-state index in [9.17, 15) is 0 Å². The topological polar surface area (TPSA) is 39.1 Å². The summed E-state index contributed by atoms with van der Waals surface area (Å²) in [4.78, 5) is 2.58. The van der Waals surface area contributed by atoms with Crippen molar-refractivity contribution >= 4 is 0 Å². The van der Waals surface area contributed by atoms with Crippen LogP contribution in [0.15, 0.2) is 0 Å². The second-order valence-corrected chi connectivity index (χ2v) is 5.26. The fourth-order valence-corrected chi connectivity index (χ4v) is 2.53. The maximum Gasteiger partial charge on any atom is 0.0622 e. The standard InChI is InChI=1S/C13H23N3/c14-7-1-2-9-16(10-12-5-6-12)11-13-4-3-8-15-13/h12-13,15H,1-6,8-11H2. The molecule has 1 aliphatic carbocycles. The van der Waals surface area contributed by atoms with Gasteiger partial charge in [-0.3, -0.25) is 0 Å². The number of rotatable bonds is 7. The summed E-state index contributed by atoms with van der Waals surface area (Å²) in [6.07, 6.45) is 7.26. The van der Waals surface area contributed by atoms with Gasteiger partial charge in [0.25, 0.3) is 0 Å². The van der Waals surface area contributed by atoms with E-state index in [2.05, 4.69) is 16.3 Å². The van der Waals surface area contributed by atoms with Gasteiger partial charge < -0.3 is 10.2 Å². The van der Waals surface area contributed by atoms with E-state index < -0.39 is 0 Å². The van der Waals surface area contributed by atoms with Crippen molar-refractivity contribution in [3.8, 4) is 6.07 Å². The molecule has 2 rings (SSSR count). The summed E-state index contributed by atoms with van der Waals surface area (Å²) in [7, 11) is 0. The molecule has 1 atom stereocenters. The molecule has 0 spiro atoms. The minimum atomic E-state index is 0.708. The van der Waals surface area contributed by atoms with Crippen LogP contribution in [-0.4, -0.2) is 37.1 Å². The van der Waals surface area contributed by atoms with Gasteiger partial charge in [-0.2, -0.15) is 5.26 Å². The number of nitrogens with one attached hydrogen (secondary N) is 1. The zero-order valence-corrected chi connectivity index (χ0v) is 10.1. The monoisotopic (exact) mass is 221 g/mol. The smallest absolute Gasteiger partial charge is 0.0622 e. The van der Waals surface area contributed by atoms with Crippen LogP contribution in [0.1, 0.15) is 38.5 Å². The van der Waals surface area contributed by atoms with Crippen molar-refractivity contribution in [1.29, 1.82) is 5.26 Å². The van der Waals surface area contributed by atoms with Crippen LogP contribution < -0.4 is 5.32 Å². The van der Waals surface area contributed by atoms with Crippen molar-refractivity contribution in [3.63, 3.8) is 0 Å². The molecule has 16 heavy (non-hydrogen) atoms. The Labute approximate surface area is 98.8 Å². The molecule has 0 bridgehead atoms. The van der Waals surface area contributed by atoms with Gasteiger partial charge in [-0.15, -0.1) is 0 Å². The maximum absolute atomic E-state index is 8.58. The van der Waals surface area contributed by atoms with Crippen molar-refractivity contribution in [2.75, 3.05) is 26.2 Å². The molecule has 0 radical (unpaired) electrons. The predicted octanol–water partition coefficient (Wildman–Crippen LogP) is 1.75. The molecule has 0 aromatic carbocycles. The summed E-state index contributed by atoms with van der Waals surface area (Å²) in [5.41, 5.74) is 0. The van der Waals surface area contributed by atoms with Gasteiger partial charge in [0.1, 0.15) is 0 Å². The Morgan fingerprint density at radius 3 is 2.75 bits per heavy atom. The number of hydrogen-bond donors (Lipinski definition) is 1. The number of unbranched alkanes of at least 4 members (excludes halogenated alkanes) is 1. The second kappa shape index (κ2) is 6.22. The van der Waals surface area contributed by atoms with Crippen LogP contribution in [0.25, 0.3) is 0 Å². The van der Waals surface area contributed by atoms with Crippen molar-refractivity contribution in [2.45, 2.75) is 44.6 Å². The molecule has 1 heterocycles. The molecule has 1 saturated heterocycles. The lowest BCUT2D eigenvalue weighted by Gasteiger charge is -2.25. The van der Waals surface area contributed by atoms with Crippen molar-refractivity contribution in [1.82, 2.24) is 10.2 Å². The summed E-state index contributed by atoms with van der Waals surface area (Å²) in [6, 6.07) is 2.95. The molecule has 3 nitrogen and oxygen atoms in total. The quantitative estimate of drug-likeness (QED) is 0.666. The summed E-state index contributed by atoms with van der Waals surface area (Å²) < 4.78 is 0. The van der Waals surface area contributed by atoms with Gasteiger partial charge in [0.15, 0.2) is 0 Å². The summed E-state index contributed by atoms with van der Waals surface area (Å²) >= 11 is 0. The average molecular weight is 221 g/mol. The van der Waals surface area contributed by atoms with E-state index in [0.717, 1.165) is 18.9 Å². The minimum absolute atomic E-state index is 0.708. The molecule has 0 aromatic rings. The maximum atomic E-state index is 8.58. The van der Waals surface area contributed by atoms with Crippen molar-refractivity contribution in [2.24, 2.45) is 5.92 Å². The third-order valence-electron chi connectivity index (χ3n) is 3.62. The molecule has 0 amide bonds. The van der Waals surface area contributed by atoms with Crippen LogP contribution in [0.4, 0.5) is 0 Å². The third kappa shape index (κ3) is 4.11. The SMILES string of the molecule is N#CCCCN(CC1CC1)CC1CCCN1. The van der Waals surface area contributed by atoms with Crippen LogP contribution >= 0.6 is 0 Å². The van der Waals surface area contributed by atoms with E-state index in [1.165, 1.54) is 45.3 Å². The highest BCUT2D eigenvalue weighted by Crippen LogP contribution is 2.30. The minimum Gasteiger partial charge on any atom is -0.313 e. The van der Waals surface area contributed by atoms with Crippen LogP contribution in [0.3, 0.4) is 0 Å². The first-order valence-corrected chi connectivity index (χ1v) is 6.71. The fourth-order valence-electron chi connectivity index (χ4n) is 2.53. The molecule has 2 fully saturated rings. The normalized spacial score (nSPS) is 24.9. The highest BCUT2D eigenvalue weighted by atomic mass is 15.2. The Balaban J connectivity index is 1.69. The number of nitriles is 1. The molecule has 2 aliphatic rings. The highest BCUT2D eigenvalue weighted by molar-refractivity contribution is 4.83. The molecule has 1 saturated carbocycles. The molecule has 1 unspecified atom stereocenters. The van der Waals surface area contributed by atoms with Crippen molar-refractivity contribution < 1.29 is 0 Å². The molecule has 1 aliphatic heterocycles. The van der Waals surface area contributed by atoms with Gasteiger partial charge in [-0.1, -0.05) is 0 Å². The van der Waals surface area contributed by atoms with E-state index >= 15 is 0 Å². The molecular formula is C13H23N3. The Morgan fingerprint density at radius 1 is 1.25 bits per heavy atom. The largest absolute Gasteiger partial charge is 0.313 e. The average Bonchev–Trinajstić information content (AvgIpc) is 2.93. The zero-order chi connectivity index (χ0) is 11.2. The molecule has 0 aromatic heterocycles. The van der Waals surface area contributed by atoms with Gasteiger partial charge >= 0.3 is 0 Å². The van der Waals surface area contributed by atoms with Gasteiger partial charge in [0, 0.05) is 25.6 Å². The first-order chi connectivity index (χ1) is 7.88. The van der Waals surface area contributed by atoms with Gasteiger partial charge in [-0.25, -0.2) is 0 Å². The second-order valence-electron chi connectivity index (χ2n) is 5.26. The predicted molar refractivity (Wildman–Crippen MR) is 65.0 cm³/mol. The summed E-state index contributed by atoms with van der Waals surface area (Å²) in [5, 5.41) is 12.1. The van der Waals surface area contributed by atoms with E-state index in [4.69, 9.17) is 5.26 Å². The molecule has 1 N–H and O–H groups in total. The zero-order valence-electron chi connectivity index (χ0n) is 10.1. The van der Waals surface area contributed by atoms with Gasteiger partial charge in [-0.05, 0) is 51.1 Å². The summed E-state index contributed by atoms with van der Waals surface area (Å²) in [6.45, 7) is 4.77. The van der Waals surface area contributed by atoms with Gasteiger partial charge in [0.2, 0.25) is 0 Å². The van der Waals surface area contributed by atoms with E-state index in [0.29, 0.717) is 12.5 Å². The highest BCUT2D eigenvalue weighted by Gasteiger charge is 2.26. The number of nitrogens with zero attached hydrogens (tertiary/aromatic N) is 2. The Morgan fingerprint density at radius 2 is 2.12 bits per heavy atom. The Hall–Kier alpha value is -0.590. The first kappa shape index (κ1) is 11.9. The fraction of sp³-hybridized carbons (Fsp3) is 0.923. The van der Waals surface area contributed by atoms with Crippen LogP contribution in [0, 0.1) is 17.2 Å². The van der Waals surface area contributed by atoms with Gasteiger partial charge in [0.05, 0.1) is 6.07 Å². The lowest BCUT2D eigenvalue weighted by Crippen LogP contribution is -2.39. The van der Waals surface area contributed by atoms with Crippen LogP contribution in [0.2, 0.25) is 0 Å². The molecular weight excluding hydrogens is 198 g/mol. The first-order valence-electron chi connectivity index (χ1n) is 6.71. The Bertz CT molecular complexity index is 236. The third-order valence-corrected chi connectivity index (χ3v) is 3.62. The van der Waals surface area contributed by atoms with Crippen LogP contribution in [0.5, 0.6) is 0 Å². The lowest BCUT2D eigenvalue weighted by molar-refractivity contribution is 0.238. The summed E-state index contributed by atoms with van der Waals surface area (Å²) in [5.74, 6) is 0.962. The Kier molecular flexibility index (Phi) is 4.62. The number of hydrogen-bond acceptors (Lipinski definition) is 3. The molecule has 90 valence electrons. The van der Waals surface area contributed by atoms with Crippen molar-refractivity contribution in [3.05, 3.63) is 0 Å². The van der Waals surface area contributed by atoms with E-state index in [1.54, 1.807) is 0 Å². The van der Waals surface area contributed by atoms with Crippen LogP contribution in [-0.2, 0) is 0 Å². The lowest BCUT2D eigenvalue weighted by atomic mass is 10.2.